The molecular weight excluding hydrogens is 487 g/mol. The molecule has 37 heavy (non-hydrogen) atoms. The van der Waals surface area contributed by atoms with Gasteiger partial charge >= 0.3 is 30.9 Å². The Hall–Kier alpha value is -4.40. The molecule has 4 N–H and O–H groups in total. The minimum Gasteiger partial charge on any atom is -0.534 e. The van der Waals surface area contributed by atoms with Gasteiger partial charge in [-0.05, 0) is 25.0 Å². The second kappa shape index (κ2) is 10.3. The number of aryl methyl sites for hydroxylation is 1. The maximum Gasteiger partial charge on any atom is 0.547 e. The number of para-hydroxylation sites is 1. The molecule has 15 heteroatoms. The van der Waals surface area contributed by atoms with Crippen LogP contribution in [0.5, 0.6) is 5.75 Å². The number of aromatic nitrogens is 2. The van der Waals surface area contributed by atoms with Crippen molar-refractivity contribution in [3.63, 3.8) is 0 Å². The molecule has 2 aliphatic rings. The van der Waals surface area contributed by atoms with Gasteiger partial charge in [-0.1, -0.05) is 12.1 Å². The number of nitrogens with zero attached hydrogens (tertiary/aromatic N) is 4. The number of nitrogens with one attached hydrogen (secondary N) is 2. The van der Waals surface area contributed by atoms with Gasteiger partial charge < -0.3 is 30.3 Å². The lowest BCUT2D eigenvalue weighted by atomic mass is 9.72. The van der Waals surface area contributed by atoms with Crippen LogP contribution in [-0.2, 0) is 27.9 Å². The first-order valence-corrected chi connectivity index (χ1v) is 11.5. The molecule has 1 fully saturated rings. The van der Waals surface area contributed by atoms with Gasteiger partial charge in [0.2, 0.25) is 5.91 Å². The van der Waals surface area contributed by atoms with E-state index >= 15 is 0 Å². The molecule has 2 aliphatic heterocycles. The smallest absolute Gasteiger partial charge is 0.534 e. The number of fused-ring (bicyclic) bond motifs is 1. The van der Waals surface area contributed by atoms with Gasteiger partial charge in [-0.3, -0.25) is 24.0 Å². The van der Waals surface area contributed by atoms with Crippen molar-refractivity contribution >= 4 is 36.8 Å². The van der Waals surface area contributed by atoms with E-state index in [0.717, 1.165) is 4.90 Å². The summed E-state index contributed by atoms with van der Waals surface area (Å²) >= 11 is 0. The number of rotatable bonds is 6. The van der Waals surface area contributed by atoms with Crippen molar-refractivity contribution in [2.75, 3.05) is 19.6 Å². The highest BCUT2D eigenvalue weighted by atomic mass is 16.5. The fourth-order valence-electron chi connectivity index (χ4n) is 4.24. The summed E-state index contributed by atoms with van der Waals surface area (Å²) < 4.78 is 6.83. The van der Waals surface area contributed by atoms with Gasteiger partial charge in [-0.2, -0.15) is 5.10 Å². The molecule has 0 spiro atoms. The maximum absolute atomic E-state index is 13.3. The van der Waals surface area contributed by atoms with E-state index in [1.54, 1.807) is 20.0 Å². The molecule has 0 aliphatic carbocycles. The van der Waals surface area contributed by atoms with Crippen LogP contribution in [0.25, 0.3) is 0 Å². The molecule has 194 valence electrons. The Balaban J connectivity index is 1.52. The quantitative estimate of drug-likeness (QED) is 0.270. The number of urea groups is 1. The summed E-state index contributed by atoms with van der Waals surface area (Å²) in [7, 11) is 0.0471. The molecule has 14 nitrogen and oxygen atoms in total. The maximum atomic E-state index is 13.3. The number of hydrogen-bond donors (Lipinski definition) is 4. The first-order chi connectivity index (χ1) is 17.6. The van der Waals surface area contributed by atoms with Crippen LogP contribution in [0.2, 0.25) is 0 Å². The minimum absolute atomic E-state index is 0.0134. The number of aromatic carboxylic acids is 1. The van der Waals surface area contributed by atoms with E-state index < -0.39 is 48.8 Å². The summed E-state index contributed by atoms with van der Waals surface area (Å²) in [4.78, 5) is 64.5. The van der Waals surface area contributed by atoms with Crippen molar-refractivity contribution in [3.8, 4) is 5.75 Å². The molecular formula is C22H25BN6O8. The lowest BCUT2D eigenvalue weighted by Gasteiger charge is -2.33. The Morgan fingerprint density at radius 2 is 2.00 bits per heavy atom. The van der Waals surface area contributed by atoms with Crippen LogP contribution in [-0.4, -0.2) is 92.1 Å². The topological polar surface area (TPSA) is 183 Å². The number of amides is 5. The van der Waals surface area contributed by atoms with Crippen LogP contribution in [0, 0.1) is 0 Å². The molecule has 0 bridgehead atoms. The van der Waals surface area contributed by atoms with Crippen LogP contribution in [0.4, 0.5) is 4.79 Å². The van der Waals surface area contributed by atoms with E-state index in [9.17, 15) is 34.1 Å². The number of carboxylic acids is 1. The zero-order chi connectivity index (χ0) is 26.9. The van der Waals surface area contributed by atoms with Gasteiger partial charge in [0.1, 0.15) is 11.8 Å². The molecule has 1 aromatic carbocycles. The summed E-state index contributed by atoms with van der Waals surface area (Å²) in [5, 5.41) is 29.0. The van der Waals surface area contributed by atoms with Gasteiger partial charge in [0, 0.05) is 38.4 Å². The Morgan fingerprint density at radius 1 is 1.24 bits per heavy atom. The second-order valence-electron chi connectivity index (χ2n) is 8.60. The number of imide groups is 1. The van der Waals surface area contributed by atoms with Crippen molar-refractivity contribution in [1.82, 2.24) is 30.2 Å². The summed E-state index contributed by atoms with van der Waals surface area (Å²) in [5.74, 6) is -4.74. The van der Waals surface area contributed by atoms with Gasteiger partial charge in [-0.25, -0.2) is 9.59 Å². The number of carbonyl (C=O) groups excluding carboxylic acids is 4. The number of piperazine rings is 1. The van der Waals surface area contributed by atoms with Crippen molar-refractivity contribution in [2.24, 2.45) is 7.05 Å². The first kappa shape index (κ1) is 25.7. The fourth-order valence-corrected chi connectivity index (χ4v) is 4.24. The van der Waals surface area contributed by atoms with E-state index in [2.05, 4.69) is 15.7 Å². The molecule has 4 rings (SSSR count). The Morgan fingerprint density at radius 3 is 2.65 bits per heavy atom. The molecule has 1 aromatic heterocycles. The third kappa shape index (κ3) is 5.11. The third-order valence-electron chi connectivity index (χ3n) is 6.20. The van der Waals surface area contributed by atoms with Gasteiger partial charge in [0.05, 0.1) is 17.7 Å². The highest BCUT2D eigenvalue weighted by molar-refractivity contribution is 6.47. The largest absolute Gasteiger partial charge is 0.547 e. The number of likely N-dealkylation sites (N-methyl/N-ethyl adjacent to an activating group) is 1. The van der Waals surface area contributed by atoms with E-state index in [1.807, 2.05) is 0 Å². The monoisotopic (exact) mass is 512 g/mol. The first-order valence-electron chi connectivity index (χ1n) is 11.5. The predicted molar refractivity (Wildman–Crippen MR) is 126 cm³/mol. The molecule has 5 amide bonds. The van der Waals surface area contributed by atoms with Crippen LogP contribution in [0.3, 0.4) is 0 Å². The summed E-state index contributed by atoms with van der Waals surface area (Å²) in [5.41, 5.74) is 0.638. The predicted octanol–water partition coefficient (Wildman–Crippen LogP) is -1.30. The Bertz CT molecular complexity index is 1270. The molecule has 0 radical (unpaired) electrons. The van der Waals surface area contributed by atoms with Gasteiger partial charge in [0.15, 0.2) is 0 Å². The molecule has 1 saturated heterocycles. The van der Waals surface area contributed by atoms with Crippen molar-refractivity contribution in [2.45, 2.75) is 25.3 Å². The summed E-state index contributed by atoms with van der Waals surface area (Å²) in [6.45, 7) is 2.17. The highest BCUT2D eigenvalue weighted by Crippen LogP contribution is 2.30. The number of hydrogen-bond acceptors (Lipinski definition) is 8. The van der Waals surface area contributed by atoms with Gasteiger partial charge in [0.25, 0.3) is 0 Å². The Labute approximate surface area is 211 Å². The standard InChI is InChI=1S/C22H25BN6O8/c1-3-28-7-8-29(20(32)19(28)31)22(35)26-16(13-10-24-27(2)11-13)18(30)25-15-9-12-5-4-6-14(21(33)34)17(12)37-23(15)36/h4-6,10-11,15-16,36H,3,7-9H2,1-2H3,(H,25,30)(H,26,35)(H,33,34)/t15-,16?/m0/s1. The van der Waals surface area contributed by atoms with Crippen molar-refractivity contribution in [1.29, 1.82) is 0 Å². The van der Waals surface area contributed by atoms with Crippen LogP contribution >= 0.6 is 0 Å². The SMILES string of the molecule is CCN1CCN(C(=O)NC(C(=O)N[C@H]2Cc3cccc(C(=O)O)c3OB2O)c2cnn(C)c2)C(=O)C1=O. The lowest BCUT2D eigenvalue weighted by molar-refractivity contribution is -0.153. The average Bonchev–Trinajstić information content (AvgIpc) is 3.29. The zero-order valence-electron chi connectivity index (χ0n) is 20.1. The Kier molecular flexibility index (Phi) is 7.15. The van der Waals surface area contributed by atoms with Crippen LogP contribution < -0.4 is 15.3 Å². The number of benzene rings is 1. The molecule has 1 unspecified atom stereocenters. The number of carboxylic acid groups (broad SMARTS) is 1. The van der Waals surface area contributed by atoms with Crippen LogP contribution in [0.1, 0.15) is 34.5 Å². The van der Waals surface area contributed by atoms with E-state index in [1.165, 1.54) is 34.1 Å². The zero-order valence-corrected chi connectivity index (χ0v) is 20.1. The normalized spacial score (nSPS) is 18.1. The lowest BCUT2D eigenvalue weighted by Crippen LogP contribution is -2.60. The minimum atomic E-state index is -1.57. The third-order valence-corrected chi connectivity index (χ3v) is 6.20. The van der Waals surface area contributed by atoms with Gasteiger partial charge in [-0.15, -0.1) is 0 Å². The van der Waals surface area contributed by atoms with E-state index in [4.69, 9.17) is 4.65 Å². The number of carbonyl (C=O) groups is 5. The van der Waals surface area contributed by atoms with E-state index in [-0.39, 0.29) is 30.8 Å². The molecule has 0 saturated carbocycles. The molecule has 2 atom stereocenters. The highest BCUT2D eigenvalue weighted by Gasteiger charge is 2.41. The second-order valence-corrected chi connectivity index (χ2v) is 8.60. The average molecular weight is 512 g/mol. The molecule has 3 heterocycles. The van der Waals surface area contributed by atoms with E-state index in [0.29, 0.717) is 17.7 Å². The van der Waals surface area contributed by atoms with Crippen LogP contribution in [0.15, 0.2) is 30.6 Å². The molecule has 2 aromatic rings. The van der Waals surface area contributed by atoms with Crippen molar-refractivity contribution < 1.29 is 38.8 Å². The summed E-state index contributed by atoms with van der Waals surface area (Å²) in [6.07, 6.45) is 2.91. The fraction of sp³-hybridized carbons (Fsp3) is 0.364. The van der Waals surface area contributed by atoms with Crippen molar-refractivity contribution in [3.05, 3.63) is 47.3 Å². The summed E-state index contributed by atoms with van der Waals surface area (Å²) in [6, 6.07) is 2.22.